The number of phenols is 1. The van der Waals surface area contributed by atoms with Crippen molar-refractivity contribution in [1.29, 1.82) is 0 Å². The van der Waals surface area contributed by atoms with Crippen LogP contribution in [0.25, 0.3) is 0 Å². The largest absolute Gasteiger partial charge is 0.504 e. The number of carbonyl (C=O) groups excluding carboxylic acids is 3. The van der Waals surface area contributed by atoms with Gasteiger partial charge in [-0.1, -0.05) is 30.3 Å². The van der Waals surface area contributed by atoms with Crippen molar-refractivity contribution < 1.29 is 57.1 Å². The molecule has 3 fully saturated rings. The van der Waals surface area contributed by atoms with E-state index < -0.39 is 11.7 Å². The van der Waals surface area contributed by atoms with Crippen molar-refractivity contribution in [3.63, 3.8) is 0 Å². The van der Waals surface area contributed by atoms with E-state index in [1.807, 2.05) is 6.07 Å². The fourth-order valence-corrected chi connectivity index (χ4v) is 6.32. The van der Waals surface area contributed by atoms with Gasteiger partial charge in [0, 0.05) is 96.1 Å². The second kappa shape index (κ2) is 18.9. The van der Waals surface area contributed by atoms with Crippen molar-refractivity contribution in [1.82, 2.24) is 14.7 Å². The van der Waals surface area contributed by atoms with Crippen LogP contribution in [-0.4, -0.2) is 99.4 Å². The highest BCUT2D eigenvalue weighted by Crippen LogP contribution is 2.31. The number of alkyl halides is 3. The third kappa shape index (κ3) is 11.9. The molecule has 3 amide bonds. The zero-order valence-corrected chi connectivity index (χ0v) is 29.3. The van der Waals surface area contributed by atoms with Gasteiger partial charge in [0.05, 0.1) is 12.7 Å². The molecule has 4 N–H and O–H groups in total. The molecule has 3 aromatic carbocycles. The van der Waals surface area contributed by atoms with E-state index in [2.05, 4.69) is 0 Å². The molecular formula is C38H45F4N3O8. The van der Waals surface area contributed by atoms with E-state index in [0.717, 1.165) is 23.3 Å². The van der Waals surface area contributed by atoms with E-state index in [1.165, 1.54) is 30.2 Å². The standard InChI is InChI=1S/C13H14F3NO2.C13H17NO4.C12H14FNO2/c14-13(15,16)11-3-1-2-9(4-11)6-17-7-10(8-18)5-12(17)19;1-18-12-3-2-9(4-11(12)16)6-14-7-10(8-15)5-13(14)17;13-11-3-1-9(2-4-11)6-14-7-10(8-15)5-12(14)16/h1-4,10,18H,5-8H2;2-4,10,15-16H,5-8H2,1H3;1-4,10,15H,5-8H2. The van der Waals surface area contributed by atoms with Crippen LogP contribution >= 0.6 is 0 Å². The number of halogens is 4. The number of hydrogen-bond acceptors (Lipinski definition) is 8. The Kier molecular flexibility index (Phi) is 14.6. The first kappa shape index (κ1) is 41.0. The second-order valence-corrected chi connectivity index (χ2v) is 13.4. The fourth-order valence-electron chi connectivity index (χ4n) is 6.32. The number of ether oxygens (including phenoxy) is 1. The molecular weight excluding hydrogens is 702 g/mol. The molecule has 0 radical (unpaired) electrons. The first-order valence-electron chi connectivity index (χ1n) is 17.1. The summed E-state index contributed by atoms with van der Waals surface area (Å²) in [5.41, 5.74) is 1.49. The molecule has 11 nitrogen and oxygen atoms in total. The Morgan fingerprint density at radius 1 is 0.660 bits per heavy atom. The van der Waals surface area contributed by atoms with Gasteiger partial charge in [-0.15, -0.1) is 0 Å². The van der Waals surface area contributed by atoms with Gasteiger partial charge >= 0.3 is 6.18 Å². The summed E-state index contributed by atoms with van der Waals surface area (Å²) in [6.07, 6.45) is -3.30. The van der Waals surface area contributed by atoms with Crippen LogP contribution in [0.1, 0.15) is 41.5 Å². The summed E-state index contributed by atoms with van der Waals surface area (Å²) < 4.78 is 55.3. The summed E-state index contributed by atoms with van der Waals surface area (Å²) in [4.78, 5) is 39.7. The highest BCUT2D eigenvalue weighted by Gasteiger charge is 2.33. The van der Waals surface area contributed by atoms with Crippen molar-refractivity contribution in [2.24, 2.45) is 17.8 Å². The minimum absolute atomic E-state index is 0.0318. The monoisotopic (exact) mass is 747 g/mol. The Balaban J connectivity index is 0.000000178. The van der Waals surface area contributed by atoms with E-state index in [-0.39, 0.29) is 79.8 Å². The lowest BCUT2D eigenvalue weighted by Gasteiger charge is -2.17. The van der Waals surface area contributed by atoms with E-state index in [9.17, 15) is 37.1 Å². The van der Waals surface area contributed by atoms with Crippen LogP contribution in [0.3, 0.4) is 0 Å². The minimum atomic E-state index is -4.38. The van der Waals surface area contributed by atoms with Crippen LogP contribution in [0, 0.1) is 23.6 Å². The first-order valence-corrected chi connectivity index (χ1v) is 17.1. The van der Waals surface area contributed by atoms with Crippen molar-refractivity contribution in [3.05, 3.63) is 94.8 Å². The van der Waals surface area contributed by atoms with Gasteiger partial charge in [-0.25, -0.2) is 4.39 Å². The average molecular weight is 748 g/mol. The zero-order chi connectivity index (χ0) is 38.7. The Morgan fingerprint density at radius 2 is 1.09 bits per heavy atom. The summed E-state index contributed by atoms with van der Waals surface area (Å²) in [6.45, 7) is 2.66. The summed E-state index contributed by atoms with van der Waals surface area (Å²) in [5.74, 6) is 0.157. The van der Waals surface area contributed by atoms with Crippen molar-refractivity contribution in [3.8, 4) is 11.5 Å². The number of carbonyl (C=O) groups is 3. The maximum Gasteiger partial charge on any atom is 0.416 e. The Hall–Kier alpha value is -4.73. The van der Waals surface area contributed by atoms with Crippen molar-refractivity contribution in [2.45, 2.75) is 45.1 Å². The molecule has 6 rings (SSSR count). The van der Waals surface area contributed by atoms with E-state index >= 15 is 0 Å². The van der Waals surface area contributed by atoms with Crippen molar-refractivity contribution >= 4 is 17.7 Å². The molecule has 0 aromatic heterocycles. The molecule has 3 aliphatic heterocycles. The third-order valence-corrected chi connectivity index (χ3v) is 9.19. The summed E-state index contributed by atoms with van der Waals surface area (Å²) in [6, 6.07) is 16.2. The van der Waals surface area contributed by atoms with Gasteiger partial charge in [-0.2, -0.15) is 13.2 Å². The van der Waals surface area contributed by atoms with E-state index in [1.54, 1.807) is 40.1 Å². The zero-order valence-electron chi connectivity index (χ0n) is 29.3. The van der Waals surface area contributed by atoms with Crippen LogP contribution in [0.15, 0.2) is 66.7 Å². The van der Waals surface area contributed by atoms with Crippen LogP contribution in [-0.2, 0) is 40.2 Å². The number of aliphatic hydroxyl groups excluding tert-OH is 3. The van der Waals surface area contributed by atoms with Gasteiger partial charge in [0.1, 0.15) is 5.82 Å². The number of hydrogen-bond donors (Lipinski definition) is 4. The van der Waals surface area contributed by atoms with Gasteiger partial charge in [-0.05, 0) is 53.1 Å². The number of amides is 3. The maximum atomic E-state index is 12.7. The number of aliphatic hydroxyl groups is 3. The average Bonchev–Trinajstić information content (AvgIpc) is 3.80. The lowest BCUT2D eigenvalue weighted by atomic mass is 10.1. The van der Waals surface area contributed by atoms with Crippen LogP contribution in [0.5, 0.6) is 11.5 Å². The fraction of sp³-hybridized carbons (Fsp3) is 0.447. The molecule has 0 saturated carbocycles. The molecule has 3 heterocycles. The van der Waals surface area contributed by atoms with Crippen LogP contribution < -0.4 is 4.74 Å². The Bertz CT molecular complexity index is 1690. The van der Waals surface area contributed by atoms with E-state index in [4.69, 9.17) is 20.1 Å². The third-order valence-electron chi connectivity index (χ3n) is 9.19. The smallest absolute Gasteiger partial charge is 0.416 e. The molecule has 3 aromatic rings. The number of likely N-dealkylation sites (tertiary alicyclic amines) is 3. The van der Waals surface area contributed by atoms with Gasteiger partial charge < -0.3 is 39.9 Å². The molecule has 0 spiro atoms. The minimum Gasteiger partial charge on any atom is -0.504 e. The molecule has 0 aliphatic carbocycles. The Morgan fingerprint density at radius 3 is 1.49 bits per heavy atom. The highest BCUT2D eigenvalue weighted by atomic mass is 19.4. The highest BCUT2D eigenvalue weighted by molar-refractivity contribution is 5.79. The SMILES string of the molecule is COc1ccc(CN2CC(CO)CC2=O)cc1O.O=C1CC(CO)CN1Cc1ccc(F)cc1.O=C1CC(CO)CN1Cc1cccc(C(F)(F)F)c1. The summed E-state index contributed by atoms with van der Waals surface area (Å²) in [5, 5.41) is 36.7. The maximum absolute atomic E-state index is 12.7. The summed E-state index contributed by atoms with van der Waals surface area (Å²) >= 11 is 0. The van der Waals surface area contributed by atoms with Crippen LogP contribution in [0.2, 0.25) is 0 Å². The van der Waals surface area contributed by atoms with Crippen LogP contribution in [0.4, 0.5) is 17.6 Å². The lowest BCUT2D eigenvalue weighted by Crippen LogP contribution is -2.25. The summed E-state index contributed by atoms with van der Waals surface area (Å²) in [7, 11) is 1.49. The number of aromatic hydroxyl groups is 1. The number of methoxy groups -OCH3 is 1. The number of phenolic OH excluding ortho intramolecular Hbond substituents is 1. The topological polar surface area (TPSA) is 151 Å². The normalized spacial score (nSPS) is 20.0. The molecule has 288 valence electrons. The lowest BCUT2D eigenvalue weighted by molar-refractivity contribution is -0.137. The van der Waals surface area contributed by atoms with Gasteiger partial charge in [0.15, 0.2) is 11.5 Å². The predicted molar refractivity (Wildman–Crippen MR) is 184 cm³/mol. The first-order chi connectivity index (χ1) is 25.2. The van der Waals surface area contributed by atoms with Crippen molar-refractivity contribution in [2.75, 3.05) is 46.6 Å². The Labute approximate surface area is 305 Å². The second-order valence-electron chi connectivity index (χ2n) is 13.4. The number of rotatable bonds is 10. The molecule has 0 bridgehead atoms. The van der Waals surface area contributed by atoms with E-state index in [0.29, 0.717) is 56.9 Å². The van der Waals surface area contributed by atoms with Gasteiger partial charge in [0.25, 0.3) is 0 Å². The predicted octanol–water partition coefficient (Wildman–Crippen LogP) is 3.95. The molecule has 15 heteroatoms. The number of nitrogens with zero attached hydrogens (tertiary/aromatic N) is 3. The van der Waals surface area contributed by atoms with Gasteiger partial charge in [-0.3, -0.25) is 14.4 Å². The van der Waals surface area contributed by atoms with Gasteiger partial charge in [0.2, 0.25) is 17.7 Å². The molecule has 3 atom stereocenters. The quantitative estimate of drug-likeness (QED) is 0.228. The molecule has 53 heavy (non-hydrogen) atoms. The molecule has 3 saturated heterocycles. The molecule has 3 aliphatic rings. The molecule has 3 unspecified atom stereocenters. The number of benzene rings is 3.